The van der Waals surface area contributed by atoms with Crippen LogP contribution in [0.4, 0.5) is 0 Å². The van der Waals surface area contributed by atoms with Crippen LogP contribution < -0.4 is 38.1 Å². The minimum absolute atomic E-state index is 0.0371. The predicted octanol–water partition coefficient (Wildman–Crippen LogP) is -1.87. The summed E-state index contributed by atoms with van der Waals surface area (Å²) in [6.45, 7) is 6.51. The minimum atomic E-state index is -1.61. The van der Waals surface area contributed by atoms with E-state index < -0.39 is 102 Å². The number of benzene rings is 1. The van der Waals surface area contributed by atoms with Crippen molar-refractivity contribution in [3.63, 3.8) is 0 Å². The maximum atomic E-state index is 14.2. The molecule has 55 heavy (non-hydrogen) atoms. The van der Waals surface area contributed by atoms with Crippen molar-refractivity contribution < 1.29 is 48.6 Å². The number of aliphatic carboxylic acids is 1. The zero-order valence-electron chi connectivity index (χ0n) is 31.9. The van der Waals surface area contributed by atoms with Crippen molar-refractivity contribution in [1.82, 2.24) is 31.5 Å². The van der Waals surface area contributed by atoms with Crippen LogP contribution in [0.25, 0.3) is 0 Å². The molecule has 11 N–H and O–H groups in total. The molecule has 1 aliphatic heterocycles. The van der Waals surface area contributed by atoms with Gasteiger partial charge >= 0.3 is 5.97 Å². The van der Waals surface area contributed by atoms with Crippen LogP contribution in [0.15, 0.2) is 30.3 Å². The fourth-order valence-corrected chi connectivity index (χ4v) is 6.34. The summed E-state index contributed by atoms with van der Waals surface area (Å²) < 4.78 is 0. The molecule has 1 aromatic carbocycles. The first-order valence-corrected chi connectivity index (χ1v) is 19.5. The zero-order valence-corrected chi connectivity index (χ0v) is 32.7. The molecule has 18 nitrogen and oxygen atoms in total. The van der Waals surface area contributed by atoms with Gasteiger partial charge < -0.3 is 53.2 Å². The van der Waals surface area contributed by atoms with E-state index in [4.69, 9.17) is 11.5 Å². The molecular weight excluding hydrogens is 737 g/mol. The van der Waals surface area contributed by atoms with Gasteiger partial charge in [0.1, 0.15) is 42.3 Å². The number of hydrogen-bond acceptors (Lipinski definition) is 11. The molecule has 19 heteroatoms. The summed E-state index contributed by atoms with van der Waals surface area (Å²) in [4.78, 5) is 105. The van der Waals surface area contributed by atoms with Crippen molar-refractivity contribution >= 4 is 59.1 Å². The van der Waals surface area contributed by atoms with Crippen LogP contribution in [0.2, 0.25) is 0 Å². The lowest BCUT2D eigenvalue weighted by molar-refractivity contribution is -0.144. The highest BCUT2D eigenvalue weighted by molar-refractivity contribution is 7.98. The first kappa shape index (κ1) is 46.4. The third-order valence-corrected chi connectivity index (χ3v) is 9.56. The Bertz CT molecular complexity index is 1510. The van der Waals surface area contributed by atoms with E-state index in [-0.39, 0.29) is 38.1 Å². The van der Waals surface area contributed by atoms with Crippen LogP contribution in [0.1, 0.15) is 65.4 Å². The van der Waals surface area contributed by atoms with Crippen LogP contribution in [0.3, 0.4) is 0 Å². The molecule has 1 heterocycles. The summed E-state index contributed by atoms with van der Waals surface area (Å²) in [5.74, 6) is -6.25. The fraction of sp³-hybridized carbons (Fsp3) is 0.611. The highest BCUT2D eigenvalue weighted by Crippen LogP contribution is 2.21. The molecule has 1 fully saturated rings. The largest absolute Gasteiger partial charge is 0.480 e. The van der Waals surface area contributed by atoms with E-state index in [2.05, 4.69) is 26.6 Å². The Hall–Kier alpha value is -4.75. The summed E-state index contributed by atoms with van der Waals surface area (Å²) in [6.07, 6.45) is 1.04. The van der Waals surface area contributed by atoms with Crippen LogP contribution in [0, 0.1) is 5.92 Å². The van der Waals surface area contributed by atoms with E-state index >= 15 is 0 Å². The molecule has 2 rings (SSSR count). The second kappa shape index (κ2) is 22.6. The second-order valence-electron chi connectivity index (χ2n) is 14.0. The van der Waals surface area contributed by atoms with Crippen molar-refractivity contribution in [2.75, 3.05) is 18.6 Å². The average Bonchev–Trinajstić information content (AvgIpc) is 3.62. The van der Waals surface area contributed by atoms with Gasteiger partial charge in [0.25, 0.3) is 0 Å². The molecule has 0 radical (unpaired) electrons. The quantitative estimate of drug-likeness (QED) is 0.0625. The summed E-state index contributed by atoms with van der Waals surface area (Å²) in [5.41, 5.74) is 11.6. The summed E-state index contributed by atoms with van der Waals surface area (Å²) in [6, 6.07) is 0.310. The van der Waals surface area contributed by atoms with Gasteiger partial charge in [0, 0.05) is 13.0 Å². The van der Waals surface area contributed by atoms with Gasteiger partial charge in [-0.3, -0.25) is 33.6 Å². The molecule has 1 saturated heterocycles. The number of primary amides is 1. The van der Waals surface area contributed by atoms with Crippen molar-refractivity contribution in [2.45, 2.75) is 115 Å². The molecule has 0 spiro atoms. The third kappa shape index (κ3) is 15.1. The van der Waals surface area contributed by atoms with Gasteiger partial charge in [0.15, 0.2) is 0 Å². The van der Waals surface area contributed by atoms with Gasteiger partial charge in [-0.25, -0.2) is 4.79 Å². The Labute approximate surface area is 325 Å². The standard InChI is InChI=1S/C36H56N8O10S/c1-19(2)16-24(32(49)43-26(36(53)54)18-28(37)46)41-33(50)27-12-9-14-44(27)35(52)25(17-22-10-7-6-8-11-22)42-30(47)20(3)39-31(48)23(13-15-55-5)40-34(51)29(38)21(4)45/h6-8,10-11,19-21,23-27,29,45H,9,12-18,38H2,1-5H3,(H2,37,46)(H,39,48)(H,40,51)(H,41,50)(H,42,47)(H,43,49)(H,53,54)/t20-,21+,23-,24-,25-,26-,27-,29-/m0/s1. The summed E-state index contributed by atoms with van der Waals surface area (Å²) in [5, 5.41) is 31.9. The lowest BCUT2D eigenvalue weighted by Gasteiger charge is -2.31. The van der Waals surface area contributed by atoms with Crippen LogP contribution in [0.5, 0.6) is 0 Å². The lowest BCUT2D eigenvalue weighted by Crippen LogP contribution is -2.60. The third-order valence-electron chi connectivity index (χ3n) is 8.91. The molecule has 8 atom stereocenters. The number of likely N-dealkylation sites (tertiary alicyclic amines) is 1. The van der Waals surface area contributed by atoms with E-state index in [9.17, 15) is 48.6 Å². The highest BCUT2D eigenvalue weighted by atomic mass is 32.2. The Morgan fingerprint density at radius 2 is 1.44 bits per heavy atom. The molecule has 7 amide bonds. The van der Waals surface area contributed by atoms with Crippen LogP contribution >= 0.6 is 11.8 Å². The van der Waals surface area contributed by atoms with Crippen molar-refractivity contribution in [2.24, 2.45) is 17.4 Å². The topological polar surface area (TPSA) is 292 Å². The number of carbonyl (C=O) groups is 8. The Morgan fingerprint density at radius 1 is 0.836 bits per heavy atom. The van der Waals surface area contributed by atoms with Gasteiger partial charge in [-0.15, -0.1) is 0 Å². The van der Waals surface area contributed by atoms with Crippen LogP contribution in [-0.4, -0.2) is 129 Å². The van der Waals surface area contributed by atoms with Gasteiger partial charge in [-0.05, 0) is 63.0 Å². The number of aliphatic hydroxyl groups is 1. The maximum Gasteiger partial charge on any atom is 0.326 e. The Morgan fingerprint density at radius 3 is 2.00 bits per heavy atom. The SMILES string of the molecule is CSCC[C@H](NC(=O)[C@@H](N)[C@@H](C)O)C(=O)N[C@@H](C)C(=O)N[C@@H](Cc1ccccc1)C(=O)N1CCC[C@H]1C(=O)N[C@@H](CC(C)C)C(=O)N[C@@H](CC(N)=O)C(=O)O. The number of nitrogens with two attached hydrogens (primary N) is 2. The first-order chi connectivity index (χ1) is 25.9. The smallest absolute Gasteiger partial charge is 0.326 e. The lowest BCUT2D eigenvalue weighted by atomic mass is 10.0. The Balaban J connectivity index is 2.27. The molecule has 0 saturated carbocycles. The highest BCUT2D eigenvalue weighted by Gasteiger charge is 2.40. The maximum absolute atomic E-state index is 14.2. The number of nitrogens with one attached hydrogen (secondary N) is 5. The van der Waals surface area contributed by atoms with E-state index in [0.717, 1.165) is 0 Å². The Kier molecular flexibility index (Phi) is 19.1. The predicted molar refractivity (Wildman–Crippen MR) is 204 cm³/mol. The van der Waals surface area contributed by atoms with Crippen LogP contribution in [-0.2, 0) is 44.8 Å². The number of carbonyl (C=O) groups excluding carboxylic acids is 7. The average molecular weight is 793 g/mol. The van der Waals surface area contributed by atoms with E-state index in [1.165, 1.54) is 30.5 Å². The van der Waals surface area contributed by atoms with E-state index in [1.807, 2.05) is 6.26 Å². The monoisotopic (exact) mass is 792 g/mol. The molecule has 1 aromatic rings. The van der Waals surface area contributed by atoms with Gasteiger partial charge in [0.2, 0.25) is 41.4 Å². The molecule has 1 aliphatic rings. The second-order valence-corrected chi connectivity index (χ2v) is 15.0. The number of amides is 7. The number of carboxylic acids is 1. The number of hydrogen-bond donors (Lipinski definition) is 9. The van der Waals surface area contributed by atoms with E-state index in [1.54, 1.807) is 44.2 Å². The number of rotatable bonds is 22. The van der Waals surface area contributed by atoms with Gasteiger partial charge in [0.05, 0.1) is 12.5 Å². The number of thioether (sulfide) groups is 1. The molecule has 0 bridgehead atoms. The van der Waals surface area contributed by atoms with Gasteiger partial charge in [-0.2, -0.15) is 11.8 Å². The summed E-state index contributed by atoms with van der Waals surface area (Å²) in [7, 11) is 0. The van der Waals surface area contributed by atoms with Crippen molar-refractivity contribution in [1.29, 1.82) is 0 Å². The first-order valence-electron chi connectivity index (χ1n) is 18.2. The molecular formula is C36H56N8O10S. The molecule has 0 aliphatic carbocycles. The number of aliphatic hydroxyl groups excluding tert-OH is 1. The fourth-order valence-electron chi connectivity index (χ4n) is 5.87. The molecule has 0 aromatic heterocycles. The van der Waals surface area contributed by atoms with Crippen molar-refractivity contribution in [3.05, 3.63) is 35.9 Å². The van der Waals surface area contributed by atoms with Crippen molar-refractivity contribution in [3.8, 4) is 0 Å². The normalized spacial score (nSPS) is 17.7. The molecule has 306 valence electrons. The minimum Gasteiger partial charge on any atom is -0.480 e. The van der Waals surface area contributed by atoms with Gasteiger partial charge in [-0.1, -0.05) is 44.2 Å². The zero-order chi connectivity index (χ0) is 41.4. The number of carboxylic acid groups (broad SMARTS) is 1. The van der Waals surface area contributed by atoms with E-state index in [0.29, 0.717) is 17.7 Å². The molecule has 0 unspecified atom stereocenters. The number of nitrogens with zero attached hydrogens (tertiary/aromatic N) is 1. The summed E-state index contributed by atoms with van der Waals surface area (Å²) >= 11 is 1.43.